The summed E-state index contributed by atoms with van der Waals surface area (Å²) in [6.07, 6.45) is -4.93. The molecule has 2 N–H and O–H groups in total. The molecule has 0 radical (unpaired) electrons. The number of hydrogen-bond donors (Lipinski definition) is 2. The molecule has 1 atom stereocenters. The quantitative estimate of drug-likeness (QED) is 0.295. The van der Waals surface area contributed by atoms with E-state index in [4.69, 9.17) is 9.47 Å². The molecule has 0 amide bonds. The molecule has 42 heavy (non-hydrogen) atoms. The normalized spacial score (nSPS) is 22.1. The van der Waals surface area contributed by atoms with Crippen LogP contribution in [0, 0.1) is 5.41 Å². The zero-order valence-electron chi connectivity index (χ0n) is 22.4. The maximum atomic E-state index is 13.7. The molecule has 1 saturated carbocycles. The summed E-state index contributed by atoms with van der Waals surface area (Å²) in [5.41, 5.74) is -1.08. The highest BCUT2D eigenvalue weighted by Gasteiger charge is 2.52. The molecule has 0 saturated heterocycles. The van der Waals surface area contributed by atoms with Crippen molar-refractivity contribution in [3.8, 4) is 11.5 Å². The first-order valence-electron chi connectivity index (χ1n) is 13.1. The number of halogens is 4. The van der Waals surface area contributed by atoms with Gasteiger partial charge in [-0.3, -0.25) is 9.10 Å². The molecule has 1 aliphatic carbocycles. The van der Waals surface area contributed by atoms with Crippen LogP contribution in [0.15, 0.2) is 76.1 Å². The Morgan fingerprint density at radius 1 is 1.14 bits per heavy atom. The van der Waals surface area contributed by atoms with E-state index < -0.39 is 44.1 Å². The minimum atomic E-state index is -4.73. The molecule has 13 heteroatoms. The van der Waals surface area contributed by atoms with E-state index in [-0.39, 0.29) is 30.4 Å². The molecule has 1 heterocycles. The van der Waals surface area contributed by atoms with Crippen LogP contribution in [0.3, 0.4) is 0 Å². The summed E-state index contributed by atoms with van der Waals surface area (Å²) >= 11 is 3.31. The second kappa shape index (κ2) is 11.4. The van der Waals surface area contributed by atoms with E-state index in [1.165, 1.54) is 6.07 Å². The van der Waals surface area contributed by atoms with E-state index in [2.05, 4.69) is 21.2 Å². The zero-order chi connectivity index (χ0) is 30.3. The molecule has 224 valence electrons. The van der Waals surface area contributed by atoms with Gasteiger partial charge >= 0.3 is 12.1 Å². The van der Waals surface area contributed by atoms with Crippen molar-refractivity contribution in [3.05, 3.63) is 82.3 Å². The Hall–Kier alpha value is -3.29. The average molecular weight is 670 g/mol. The number of carboxylic acids is 1. The summed E-state index contributed by atoms with van der Waals surface area (Å²) < 4.78 is 80.4. The zero-order valence-corrected chi connectivity index (χ0v) is 24.8. The van der Waals surface area contributed by atoms with Gasteiger partial charge in [-0.05, 0) is 66.9 Å². The van der Waals surface area contributed by atoms with Gasteiger partial charge in [0.05, 0.1) is 35.2 Å². The Labute approximate surface area is 249 Å². The van der Waals surface area contributed by atoms with Gasteiger partial charge in [0.2, 0.25) is 0 Å². The lowest BCUT2D eigenvalue weighted by atomic mass is 9.62. The largest absolute Gasteiger partial charge is 0.497 e. The summed E-state index contributed by atoms with van der Waals surface area (Å²) in [5.74, 6) is -0.0839. The molecule has 1 aliphatic heterocycles. The summed E-state index contributed by atoms with van der Waals surface area (Å²) in [7, 11) is -2.88. The van der Waals surface area contributed by atoms with E-state index in [1.54, 1.807) is 19.2 Å². The van der Waals surface area contributed by atoms with Crippen molar-refractivity contribution >= 4 is 37.6 Å². The lowest BCUT2D eigenvalue weighted by Gasteiger charge is -2.47. The van der Waals surface area contributed by atoms with Crippen molar-refractivity contribution in [1.29, 1.82) is 0 Å². The van der Waals surface area contributed by atoms with Crippen molar-refractivity contribution in [2.75, 3.05) is 18.0 Å². The van der Waals surface area contributed by atoms with Crippen molar-refractivity contribution < 1.29 is 41.0 Å². The van der Waals surface area contributed by atoms with Crippen LogP contribution in [-0.2, 0) is 27.5 Å². The summed E-state index contributed by atoms with van der Waals surface area (Å²) in [5, 5.41) is 13.5. The number of methoxy groups -OCH3 is 1. The lowest BCUT2D eigenvalue weighted by molar-refractivity contribution is -0.159. The maximum Gasteiger partial charge on any atom is 0.416 e. The van der Waals surface area contributed by atoms with Crippen molar-refractivity contribution in [1.82, 2.24) is 5.32 Å². The first kappa shape index (κ1) is 30.2. The predicted molar refractivity (Wildman–Crippen MR) is 152 cm³/mol. The molecular formula is C29H28BrF3N2O6S. The second-order valence-electron chi connectivity index (χ2n) is 10.5. The van der Waals surface area contributed by atoms with Crippen LogP contribution in [0.2, 0.25) is 0 Å². The highest BCUT2D eigenvalue weighted by molar-refractivity contribution is 9.10. The van der Waals surface area contributed by atoms with E-state index in [1.807, 2.05) is 24.3 Å². The van der Waals surface area contributed by atoms with Gasteiger partial charge in [0.25, 0.3) is 10.0 Å². The highest BCUT2D eigenvalue weighted by Crippen LogP contribution is 2.48. The topological polar surface area (TPSA) is 105 Å². The van der Waals surface area contributed by atoms with Crippen LogP contribution < -0.4 is 19.1 Å². The van der Waals surface area contributed by atoms with Crippen LogP contribution in [0.25, 0.3) is 0 Å². The monoisotopic (exact) mass is 668 g/mol. The SMILES string of the molecule is COc1ccc(CNC2CC(C[C@H]3CN(S(=O)(=O)c4cccc(C(F)(F)F)c4)c4cc(Br)ccc4O3)(C(=O)O)C2)cc1. The Balaban J connectivity index is 1.35. The van der Waals surface area contributed by atoms with Gasteiger partial charge in [0.1, 0.15) is 17.6 Å². The fourth-order valence-corrected chi connectivity index (χ4v) is 7.37. The van der Waals surface area contributed by atoms with Crippen LogP contribution in [0.4, 0.5) is 18.9 Å². The van der Waals surface area contributed by atoms with Gasteiger partial charge in [-0.15, -0.1) is 0 Å². The molecule has 0 spiro atoms. The number of carbonyl (C=O) groups is 1. The number of hydrogen-bond acceptors (Lipinski definition) is 6. The summed E-state index contributed by atoms with van der Waals surface area (Å²) in [4.78, 5) is 11.9. The number of carboxylic acid groups (broad SMARTS) is 1. The molecule has 3 aromatic rings. The Morgan fingerprint density at radius 2 is 1.86 bits per heavy atom. The molecule has 1 fully saturated rings. The number of fused-ring (bicyclic) bond motifs is 1. The van der Waals surface area contributed by atoms with Crippen molar-refractivity contribution in [3.63, 3.8) is 0 Å². The third kappa shape index (κ3) is 6.09. The number of ether oxygens (including phenoxy) is 2. The van der Waals surface area contributed by atoms with Gasteiger partial charge in [0, 0.05) is 23.5 Å². The standard InChI is InChI=1S/C29H28BrF3N2O6S/c1-40-22-8-5-18(6-9-22)16-34-21-13-28(14-21,27(36)37)15-23-17-35(25-12-20(30)7-10-26(25)41-23)42(38,39)24-4-2-3-19(11-24)29(31,32)33/h2-12,21,23,34H,13-17H2,1H3,(H,36,37)/t21?,23-,28?/m0/s1. The van der Waals surface area contributed by atoms with Crippen LogP contribution in [-0.4, -0.2) is 45.3 Å². The van der Waals surface area contributed by atoms with E-state index >= 15 is 0 Å². The molecule has 5 rings (SSSR count). The van der Waals surface area contributed by atoms with Gasteiger partial charge < -0.3 is 19.9 Å². The Bertz CT molecular complexity index is 1580. The number of anilines is 1. The molecular weight excluding hydrogens is 641 g/mol. The van der Waals surface area contributed by atoms with E-state index in [0.717, 1.165) is 33.8 Å². The molecule has 2 aliphatic rings. The van der Waals surface area contributed by atoms with Crippen molar-refractivity contribution in [2.45, 2.75) is 49.0 Å². The summed E-state index contributed by atoms with van der Waals surface area (Å²) in [6, 6.07) is 15.7. The van der Waals surface area contributed by atoms with Gasteiger partial charge in [-0.1, -0.05) is 34.1 Å². The van der Waals surface area contributed by atoms with Gasteiger partial charge in [-0.25, -0.2) is 8.42 Å². The van der Waals surface area contributed by atoms with E-state index in [0.29, 0.717) is 29.9 Å². The van der Waals surface area contributed by atoms with E-state index in [9.17, 15) is 31.5 Å². The number of rotatable bonds is 9. The fourth-order valence-electron chi connectivity index (χ4n) is 5.48. The Kier molecular flexibility index (Phi) is 8.20. The van der Waals surface area contributed by atoms with Gasteiger partial charge in [-0.2, -0.15) is 13.2 Å². The first-order chi connectivity index (χ1) is 19.8. The average Bonchev–Trinajstić information content (AvgIpc) is 2.93. The molecule has 8 nitrogen and oxygen atoms in total. The minimum Gasteiger partial charge on any atom is -0.497 e. The number of aliphatic carboxylic acids is 1. The second-order valence-corrected chi connectivity index (χ2v) is 13.3. The van der Waals surface area contributed by atoms with Crippen molar-refractivity contribution in [2.24, 2.45) is 5.41 Å². The number of nitrogens with one attached hydrogen (secondary N) is 1. The number of benzene rings is 3. The Morgan fingerprint density at radius 3 is 2.50 bits per heavy atom. The molecule has 0 aromatic heterocycles. The van der Waals surface area contributed by atoms with Crippen LogP contribution >= 0.6 is 15.9 Å². The molecule has 0 unspecified atom stereocenters. The number of nitrogens with zero attached hydrogens (tertiary/aromatic N) is 1. The molecule has 3 aromatic carbocycles. The fraction of sp³-hybridized carbons (Fsp3) is 0.345. The lowest BCUT2D eigenvalue weighted by Crippen LogP contribution is -2.56. The minimum absolute atomic E-state index is 0.0210. The smallest absolute Gasteiger partial charge is 0.416 e. The van der Waals surface area contributed by atoms with Crippen LogP contribution in [0.5, 0.6) is 11.5 Å². The first-order valence-corrected chi connectivity index (χ1v) is 15.3. The predicted octanol–water partition coefficient (Wildman–Crippen LogP) is 5.85. The van der Waals surface area contributed by atoms with Gasteiger partial charge in [0.15, 0.2) is 0 Å². The highest BCUT2D eigenvalue weighted by atomic mass is 79.9. The third-order valence-electron chi connectivity index (χ3n) is 7.70. The third-order valence-corrected chi connectivity index (χ3v) is 9.97. The van der Waals surface area contributed by atoms with Crippen LogP contribution in [0.1, 0.15) is 30.4 Å². The molecule has 0 bridgehead atoms. The number of alkyl halides is 3. The summed E-state index contributed by atoms with van der Waals surface area (Å²) in [6.45, 7) is 0.274. The maximum absolute atomic E-state index is 13.7. The number of sulfonamides is 1.